The maximum atomic E-state index is 11.9. The number of rotatable bonds is 8. The van der Waals surface area contributed by atoms with E-state index in [1.54, 1.807) is 7.11 Å². The fourth-order valence-corrected chi connectivity index (χ4v) is 3.53. The number of benzene rings is 1. The van der Waals surface area contributed by atoms with Crippen LogP contribution in [0.15, 0.2) is 23.2 Å². The Morgan fingerprint density at radius 1 is 1.07 bits per heavy atom. The number of piperazine rings is 1. The third-order valence-corrected chi connectivity index (χ3v) is 4.86. The van der Waals surface area contributed by atoms with Crippen LogP contribution >= 0.6 is 24.0 Å². The molecule has 0 saturated carbocycles. The molecule has 2 N–H and O–H groups in total. The second-order valence-electron chi connectivity index (χ2n) is 7.33. The molecule has 0 aromatic heterocycles. The highest BCUT2D eigenvalue weighted by Crippen LogP contribution is 2.09. The van der Waals surface area contributed by atoms with E-state index in [0.717, 1.165) is 45.1 Å². The molecule has 2 rings (SSSR count). The molecular weight excluding hydrogens is 481 g/mol. The number of aryl methyl sites for hydroxylation is 2. The minimum absolute atomic E-state index is 0. The number of methoxy groups -OCH3 is 1. The van der Waals surface area contributed by atoms with Crippen molar-refractivity contribution in [3.63, 3.8) is 0 Å². The Balaban J connectivity index is 0.00000420. The van der Waals surface area contributed by atoms with Gasteiger partial charge in [-0.25, -0.2) is 0 Å². The third-order valence-electron chi connectivity index (χ3n) is 4.86. The van der Waals surface area contributed by atoms with E-state index >= 15 is 0 Å². The van der Waals surface area contributed by atoms with E-state index < -0.39 is 0 Å². The average molecular weight is 517 g/mol. The van der Waals surface area contributed by atoms with Gasteiger partial charge < -0.3 is 20.3 Å². The number of carbonyl (C=O) groups excluding carboxylic acids is 1. The number of guanidine groups is 1. The molecule has 0 bridgehead atoms. The predicted octanol–water partition coefficient (Wildman–Crippen LogP) is 1.42. The Bertz CT molecular complexity index is 640. The second-order valence-corrected chi connectivity index (χ2v) is 7.33. The number of nitrogens with zero attached hydrogens (tertiary/aromatic N) is 3. The molecule has 0 atom stereocenters. The Morgan fingerprint density at radius 3 is 2.31 bits per heavy atom. The van der Waals surface area contributed by atoms with Gasteiger partial charge in [0.15, 0.2) is 5.96 Å². The largest absolute Gasteiger partial charge is 0.383 e. The van der Waals surface area contributed by atoms with Crippen LogP contribution in [-0.4, -0.2) is 88.2 Å². The molecule has 1 saturated heterocycles. The minimum atomic E-state index is 0. The number of amides is 1. The highest BCUT2D eigenvalue weighted by molar-refractivity contribution is 14.0. The molecule has 8 heteroatoms. The van der Waals surface area contributed by atoms with E-state index in [1.807, 2.05) is 7.05 Å². The van der Waals surface area contributed by atoms with Gasteiger partial charge in [-0.1, -0.05) is 29.3 Å². The molecule has 0 spiro atoms. The van der Waals surface area contributed by atoms with Gasteiger partial charge in [-0.2, -0.15) is 0 Å². The number of hydrogen-bond acceptors (Lipinski definition) is 4. The Labute approximate surface area is 192 Å². The zero-order chi connectivity index (χ0) is 20.4. The summed E-state index contributed by atoms with van der Waals surface area (Å²) in [5.41, 5.74) is 3.97. The summed E-state index contributed by atoms with van der Waals surface area (Å²) in [5, 5.41) is 6.35. The number of aliphatic imine (C=N–C) groups is 1. The third kappa shape index (κ3) is 9.31. The van der Waals surface area contributed by atoms with E-state index in [4.69, 9.17) is 4.74 Å². The molecule has 0 aliphatic carbocycles. The molecule has 7 nitrogen and oxygen atoms in total. The summed E-state index contributed by atoms with van der Waals surface area (Å²) in [6, 6.07) is 6.69. The smallest absolute Gasteiger partial charge is 0.234 e. The van der Waals surface area contributed by atoms with E-state index in [-0.39, 0.29) is 29.9 Å². The lowest BCUT2D eigenvalue weighted by atomic mass is 10.1. The van der Waals surface area contributed by atoms with E-state index in [1.165, 1.54) is 16.7 Å². The van der Waals surface area contributed by atoms with Crippen molar-refractivity contribution in [2.24, 2.45) is 4.99 Å². The fourth-order valence-electron chi connectivity index (χ4n) is 3.53. The summed E-state index contributed by atoms with van der Waals surface area (Å²) in [5.74, 6) is 0.995. The Morgan fingerprint density at radius 2 is 1.72 bits per heavy atom. The second kappa shape index (κ2) is 13.8. The first-order valence-electron chi connectivity index (χ1n) is 10.0. The van der Waals surface area contributed by atoms with Crippen molar-refractivity contribution >= 4 is 35.8 Å². The Hall–Kier alpha value is -1.39. The maximum Gasteiger partial charge on any atom is 0.234 e. The van der Waals surface area contributed by atoms with Crippen LogP contribution < -0.4 is 10.6 Å². The number of halogens is 1. The molecule has 0 unspecified atom stereocenters. The van der Waals surface area contributed by atoms with E-state index in [9.17, 15) is 4.79 Å². The van der Waals surface area contributed by atoms with Crippen LogP contribution in [0, 0.1) is 13.8 Å². The fraction of sp³-hybridized carbons (Fsp3) is 0.619. The average Bonchev–Trinajstić information content (AvgIpc) is 2.65. The molecule has 1 aromatic carbocycles. The highest BCUT2D eigenvalue weighted by atomic mass is 127. The predicted molar refractivity (Wildman–Crippen MR) is 129 cm³/mol. The van der Waals surface area contributed by atoms with Crippen molar-refractivity contribution in [2.75, 3.05) is 66.6 Å². The van der Waals surface area contributed by atoms with Crippen molar-refractivity contribution in [2.45, 2.75) is 20.3 Å². The SMILES string of the molecule is CN=C(NCCc1cc(C)cc(C)c1)N1CCN(CC(=O)NCCOC)CC1.I. The van der Waals surface area contributed by atoms with Gasteiger partial charge in [0.25, 0.3) is 0 Å². The lowest BCUT2D eigenvalue weighted by Gasteiger charge is -2.36. The van der Waals surface area contributed by atoms with Gasteiger partial charge in [0.1, 0.15) is 0 Å². The van der Waals surface area contributed by atoms with Gasteiger partial charge in [-0.05, 0) is 25.8 Å². The normalized spacial score (nSPS) is 15.0. The molecule has 29 heavy (non-hydrogen) atoms. The molecule has 1 fully saturated rings. The van der Waals surface area contributed by atoms with Gasteiger partial charge in [0.05, 0.1) is 13.2 Å². The summed E-state index contributed by atoms with van der Waals surface area (Å²) in [7, 11) is 3.46. The lowest BCUT2D eigenvalue weighted by molar-refractivity contribution is -0.122. The van der Waals surface area contributed by atoms with Crippen LogP contribution in [0.5, 0.6) is 0 Å². The van der Waals surface area contributed by atoms with Crippen LogP contribution in [0.2, 0.25) is 0 Å². The van der Waals surface area contributed by atoms with Gasteiger partial charge in [0.2, 0.25) is 5.91 Å². The number of nitrogens with one attached hydrogen (secondary N) is 2. The summed E-state index contributed by atoms with van der Waals surface area (Å²) >= 11 is 0. The lowest BCUT2D eigenvalue weighted by Crippen LogP contribution is -2.54. The van der Waals surface area contributed by atoms with Gasteiger partial charge >= 0.3 is 0 Å². The molecule has 1 aromatic rings. The standard InChI is InChI=1S/C21H35N5O2.HI/c1-17-13-18(2)15-19(14-17)5-6-24-21(22-3)26-10-8-25(9-11-26)16-20(27)23-7-12-28-4;/h13-15H,5-12,16H2,1-4H3,(H,22,24)(H,23,27);1H. The first kappa shape index (κ1) is 25.6. The van der Waals surface area contributed by atoms with Gasteiger partial charge in [-0.15, -0.1) is 24.0 Å². The summed E-state index contributed by atoms with van der Waals surface area (Å²) in [4.78, 5) is 20.8. The van der Waals surface area contributed by atoms with Crippen molar-refractivity contribution in [1.29, 1.82) is 0 Å². The van der Waals surface area contributed by atoms with Gasteiger partial charge in [0, 0.05) is 53.4 Å². The summed E-state index contributed by atoms with van der Waals surface area (Å²) in [6.07, 6.45) is 0.975. The first-order valence-corrected chi connectivity index (χ1v) is 10.0. The molecule has 1 heterocycles. The molecule has 164 valence electrons. The topological polar surface area (TPSA) is 69.2 Å². The van der Waals surface area contributed by atoms with Crippen LogP contribution in [0.25, 0.3) is 0 Å². The highest BCUT2D eigenvalue weighted by Gasteiger charge is 2.20. The first-order chi connectivity index (χ1) is 13.5. The Kier molecular flexibility index (Phi) is 12.2. The van der Waals surface area contributed by atoms with E-state index in [0.29, 0.717) is 19.7 Å². The number of ether oxygens (including phenoxy) is 1. The molecule has 1 aliphatic rings. The van der Waals surface area contributed by atoms with Crippen LogP contribution in [0.1, 0.15) is 16.7 Å². The molecule has 1 amide bonds. The van der Waals surface area contributed by atoms with Crippen LogP contribution in [0.3, 0.4) is 0 Å². The van der Waals surface area contributed by atoms with Crippen LogP contribution in [-0.2, 0) is 16.0 Å². The summed E-state index contributed by atoms with van der Waals surface area (Å²) in [6.45, 7) is 10.1. The van der Waals surface area contributed by atoms with Crippen LogP contribution in [0.4, 0.5) is 0 Å². The molecule has 0 radical (unpaired) electrons. The quantitative estimate of drug-likeness (QED) is 0.236. The van der Waals surface area contributed by atoms with E-state index in [2.05, 4.69) is 57.5 Å². The monoisotopic (exact) mass is 517 g/mol. The van der Waals surface area contributed by atoms with Crippen molar-refractivity contribution in [1.82, 2.24) is 20.4 Å². The van der Waals surface area contributed by atoms with Crippen molar-refractivity contribution < 1.29 is 9.53 Å². The number of hydrogen-bond donors (Lipinski definition) is 2. The molecular formula is C21H36IN5O2. The number of carbonyl (C=O) groups is 1. The minimum Gasteiger partial charge on any atom is -0.383 e. The zero-order valence-corrected chi connectivity index (χ0v) is 20.5. The zero-order valence-electron chi connectivity index (χ0n) is 18.2. The maximum absolute atomic E-state index is 11.9. The van der Waals surface area contributed by atoms with Crippen molar-refractivity contribution in [3.8, 4) is 0 Å². The molecule has 1 aliphatic heterocycles. The van der Waals surface area contributed by atoms with Crippen molar-refractivity contribution in [3.05, 3.63) is 34.9 Å². The van der Waals surface area contributed by atoms with Gasteiger partial charge in [-0.3, -0.25) is 14.7 Å². The summed E-state index contributed by atoms with van der Waals surface area (Å²) < 4.78 is 4.95.